The molecule has 0 radical (unpaired) electrons. The summed E-state index contributed by atoms with van der Waals surface area (Å²) in [5.74, 6) is -3.23. The van der Waals surface area contributed by atoms with E-state index >= 15 is 0 Å². The maximum Gasteiger partial charge on any atom is 0.332 e. The summed E-state index contributed by atoms with van der Waals surface area (Å²) in [6.45, 7) is 0. The molecular weight excluding hydrogens is 142 g/mol. The Hall–Kier alpha value is -0.640. The van der Waals surface area contributed by atoms with Crippen molar-refractivity contribution in [2.24, 2.45) is 0 Å². The second kappa shape index (κ2) is 2.20. The number of halogens is 2. The maximum atomic E-state index is 12.5. The number of hydrogen-bond donors (Lipinski definition) is 0. The van der Waals surface area contributed by atoms with Gasteiger partial charge in [0.15, 0.2) is 11.9 Å². The van der Waals surface area contributed by atoms with Crippen LogP contribution in [0.3, 0.4) is 0 Å². The third kappa shape index (κ3) is 0.794. The summed E-state index contributed by atoms with van der Waals surface area (Å²) >= 11 is 0. The predicted molar refractivity (Wildman–Crippen MR) is 30.8 cm³/mol. The minimum atomic E-state index is -2.93. The Balaban J connectivity index is 2.67. The van der Waals surface area contributed by atoms with Crippen LogP contribution in [0.15, 0.2) is 11.8 Å². The third-order valence-corrected chi connectivity index (χ3v) is 1.46. The van der Waals surface area contributed by atoms with E-state index in [1.165, 1.54) is 20.3 Å². The second-order valence-electron chi connectivity index (χ2n) is 2.01. The van der Waals surface area contributed by atoms with Crippen LogP contribution in [0.4, 0.5) is 8.78 Å². The van der Waals surface area contributed by atoms with E-state index in [-0.39, 0.29) is 5.76 Å². The van der Waals surface area contributed by atoms with Crippen LogP contribution in [0.1, 0.15) is 0 Å². The molecule has 58 valence electrons. The van der Waals surface area contributed by atoms with Crippen molar-refractivity contribution in [3.8, 4) is 0 Å². The van der Waals surface area contributed by atoms with Crippen molar-refractivity contribution in [1.29, 1.82) is 0 Å². The van der Waals surface area contributed by atoms with Gasteiger partial charge in [0.05, 0.1) is 7.11 Å². The summed E-state index contributed by atoms with van der Waals surface area (Å²) < 4.78 is 33.9. The molecule has 0 saturated heterocycles. The standard InChI is InChI=1S/C6H8F2O2/c1-9-4-3-5(10-2)6(4,7)8/h3-4H,1-2H3. The molecule has 4 heteroatoms. The lowest BCUT2D eigenvalue weighted by Crippen LogP contribution is -2.44. The van der Waals surface area contributed by atoms with E-state index in [9.17, 15) is 8.78 Å². The highest BCUT2D eigenvalue weighted by Crippen LogP contribution is 2.39. The summed E-state index contributed by atoms with van der Waals surface area (Å²) in [6.07, 6.45) is 0.141. The molecule has 0 aromatic heterocycles. The van der Waals surface area contributed by atoms with Crippen molar-refractivity contribution in [3.63, 3.8) is 0 Å². The topological polar surface area (TPSA) is 18.5 Å². The minimum Gasteiger partial charge on any atom is -0.495 e. The van der Waals surface area contributed by atoms with Crippen molar-refractivity contribution in [2.75, 3.05) is 14.2 Å². The molecule has 10 heavy (non-hydrogen) atoms. The molecule has 0 amide bonds. The SMILES string of the molecule is COC1=CC(OC)C1(F)F. The molecule has 0 aromatic rings. The number of methoxy groups -OCH3 is 2. The van der Waals surface area contributed by atoms with Crippen molar-refractivity contribution in [3.05, 3.63) is 11.8 Å². The van der Waals surface area contributed by atoms with Gasteiger partial charge in [-0.2, -0.15) is 8.78 Å². The van der Waals surface area contributed by atoms with Gasteiger partial charge >= 0.3 is 5.92 Å². The average molecular weight is 150 g/mol. The number of hydrogen-bond acceptors (Lipinski definition) is 2. The molecular formula is C6H8F2O2. The van der Waals surface area contributed by atoms with E-state index in [0.29, 0.717) is 0 Å². The van der Waals surface area contributed by atoms with Crippen LogP contribution >= 0.6 is 0 Å². The van der Waals surface area contributed by atoms with Gasteiger partial charge in [-0.05, 0) is 6.08 Å². The van der Waals surface area contributed by atoms with Gasteiger partial charge in [-0.1, -0.05) is 0 Å². The maximum absolute atomic E-state index is 12.5. The molecule has 0 heterocycles. The number of rotatable bonds is 2. The van der Waals surface area contributed by atoms with Crippen molar-refractivity contribution < 1.29 is 18.3 Å². The Morgan fingerprint density at radius 3 is 2.40 bits per heavy atom. The average Bonchev–Trinajstić information content (AvgIpc) is 1.88. The van der Waals surface area contributed by atoms with Crippen LogP contribution < -0.4 is 0 Å². The van der Waals surface area contributed by atoms with Gasteiger partial charge in [0.2, 0.25) is 0 Å². The second-order valence-corrected chi connectivity index (χ2v) is 2.01. The quantitative estimate of drug-likeness (QED) is 0.588. The molecule has 1 unspecified atom stereocenters. The van der Waals surface area contributed by atoms with Gasteiger partial charge in [0.1, 0.15) is 0 Å². The smallest absolute Gasteiger partial charge is 0.332 e. The van der Waals surface area contributed by atoms with Gasteiger partial charge in [0, 0.05) is 7.11 Å². The van der Waals surface area contributed by atoms with Crippen molar-refractivity contribution in [1.82, 2.24) is 0 Å². The van der Waals surface area contributed by atoms with Gasteiger partial charge in [-0.25, -0.2) is 0 Å². The van der Waals surface area contributed by atoms with Crippen molar-refractivity contribution in [2.45, 2.75) is 12.0 Å². The van der Waals surface area contributed by atoms with Crippen LogP contribution in [0, 0.1) is 0 Å². The summed E-state index contributed by atoms with van der Waals surface area (Å²) in [7, 11) is 2.45. The first kappa shape index (κ1) is 7.47. The molecule has 1 aliphatic rings. The van der Waals surface area contributed by atoms with Crippen molar-refractivity contribution >= 4 is 0 Å². The Morgan fingerprint density at radius 2 is 2.10 bits per heavy atom. The Morgan fingerprint density at radius 1 is 1.50 bits per heavy atom. The largest absolute Gasteiger partial charge is 0.495 e. The zero-order valence-corrected chi connectivity index (χ0v) is 5.73. The Kier molecular flexibility index (Phi) is 1.64. The Bertz CT molecular complexity index is 165. The molecule has 0 spiro atoms. The zero-order valence-electron chi connectivity index (χ0n) is 5.73. The minimum absolute atomic E-state index is 0.306. The molecule has 0 aromatic carbocycles. The van der Waals surface area contributed by atoms with E-state index in [2.05, 4.69) is 9.47 Å². The summed E-state index contributed by atoms with van der Waals surface area (Å²) in [6, 6.07) is 0. The first-order valence-electron chi connectivity index (χ1n) is 2.79. The van der Waals surface area contributed by atoms with E-state index in [0.717, 1.165) is 0 Å². The monoisotopic (exact) mass is 150 g/mol. The predicted octanol–water partition coefficient (Wildman–Crippen LogP) is 1.18. The highest BCUT2D eigenvalue weighted by molar-refractivity contribution is 5.25. The van der Waals surface area contributed by atoms with Crippen LogP contribution in [0.5, 0.6) is 0 Å². The normalized spacial score (nSPS) is 28.8. The van der Waals surface area contributed by atoms with Gasteiger partial charge in [-0.3, -0.25) is 0 Å². The fourth-order valence-corrected chi connectivity index (χ4v) is 0.817. The highest BCUT2D eigenvalue weighted by atomic mass is 19.3. The molecule has 2 nitrogen and oxygen atoms in total. The van der Waals surface area contributed by atoms with Crippen LogP contribution in [-0.4, -0.2) is 26.2 Å². The lowest BCUT2D eigenvalue weighted by atomic mass is 9.99. The van der Waals surface area contributed by atoms with E-state index in [4.69, 9.17) is 0 Å². The fourth-order valence-electron chi connectivity index (χ4n) is 0.817. The summed E-state index contributed by atoms with van der Waals surface area (Å²) in [5.41, 5.74) is 0. The first-order chi connectivity index (χ1) is 4.62. The molecule has 0 aliphatic heterocycles. The summed E-state index contributed by atoms with van der Waals surface area (Å²) in [4.78, 5) is 0. The highest BCUT2D eigenvalue weighted by Gasteiger charge is 2.52. The van der Waals surface area contributed by atoms with Crippen LogP contribution in [-0.2, 0) is 9.47 Å². The lowest BCUT2D eigenvalue weighted by molar-refractivity contribution is -0.130. The molecule has 0 bridgehead atoms. The molecule has 1 rings (SSSR count). The van der Waals surface area contributed by atoms with E-state index in [1.807, 2.05) is 0 Å². The number of alkyl halides is 2. The summed E-state index contributed by atoms with van der Waals surface area (Å²) in [5, 5.41) is 0. The van der Waals surface area contributed by atoms with Crippen LogP contribution in [0.25, 0.3) is 0 Å². The van der Waals surface area contributed by atoms with Gasteiger partial charge in [-0.15, -0.1) is 0 Å². The lowest BCUT2D eigenvalue weighted by Gasteiger charge is -2.32. The Labute approximate surface area is 57.4 Å². The fraction of sp³-hybridized carbons (Fsp3) is 0.667. The molecule has 0 N–H and O–H groups in total. The van der Waals surface area contributed by atoms with Gasteiger partial charge < -0.3 is 9.47 Å². The molecule has 1 atom stereocenters. The van der Waals surface area contributed by atoms with E-state index in [1.54, 1.807) is 0 Å². The van der Waals surface area contributed by atoms with Crippen LogP contribution in [0.2, 0.25) is 0 Å². The first-order valence-corrected chi connectivity index (χ1v) is 2.79. The molecule has 1 aliphatic carbocycles. The molecule has 0 saturated carbocycles. The van der Waals surface area contributed by atoms with E-state index < -0.39 is 12.0 Å². The molecule has 0 fully saturated rings. The zero-order chi connectivity index (χ0) is 7.78. The van der Waals surface area contributed by atoms with Gasteiger partial charge in [0.25, 0.3) is 0 Å². The number of ether oxygens (including phenoxy) is 2. The third-order valence-electron chi connectivity index (χ3n) is 1.46.